The highest BCUT2D eigenvalue weighted by molar-refractivity contribution is 6.11. The van der Waals surface area contributed by atoms with Gasteiger partial charge in [-0.25, -0.2) is 4.79 Å². The summed E-state index contributed by atoms with van der Waals surface area (Å²) in [6.45, 7) is -0.237. The van der Waals surface area contributed by atoms with Crippen LogP contribution in [0.4, 0.5) is 4.79 Å². The number of nitrogens with one attached hydrogen (secondary N) is 1. The molecule has 0 unspecified atom stereocenters. The first-order valence-corrected chi connectivity index (χ1v) is 7.87. The normalized spacial score (nSPS) is 19.8. The maximum atomic E-state index is 12.6. The Bertz CT molecular complexity index is 650. The maximum absolute atomic E-state index is 12.6. The molecule has 1 heterocycles. The van der Waals surface area contributed by atoms with Crippen LogP contribution >= 0.6 is 0 Å². The van der Waals surface area contributed by atoms with Gasteiger partial charge in [0.25, 0.3) is 5.91 Å². The van der Waals surface area contributed by atoms with Gasteiger partial charge in [-0.15, -0.1) is 0 Å². The predicted molar refractivity (Wildman–Crippen MR) is 83.4 cm³/mol. The molecule has 1 aromatic carbocycles. The summed E-state index contributed by atoms with van der Waals surface area (Å²) >= 11 is 0. The van der Waals surface area contributed by atoms with Crippen LogP contribution in [0.2, 0.25) is 0 Å². The number of hydrogen-bond donors (Lipinski definition) is 1. The summed E-state index contributed by atoms with van der Waals surface area (Å²) in [4.78, 5) is 38.3. The summed E-state index contributed by atoms with van der Waals surface area (Å²) in [5.41, 5.74) is -0.362. The highest BCUT2D eigenvalue weighted by atomic mass is 16.5. The van der Waals surface area contributed by atoms with Crippen LogP contribution in [0.1, 0.15) is 42.5 Å². The summed E-state index contributed by atoms with van der Waals surface area (Å²) in [7, 11) is 1.52. The fourth-order valence-corrected chi connectivity index (χ4v) is 3.35. The third kappa shape index (κ3) is 2.81. The molecule has 2 aliphatic rings. The van der Waals surface area contributed by atoms with E-state index in [1.807, 2.05) is 0 Å². The Morgan fingerprint density at radius 1 is 1.26 bits per heavy atom. The molecule has 6 heteroatoms. The van der Waals surface area contributed by atoms with Crippen LogP contribution in [-0.4, -0.2) is 41.8 Å². The molecule has 2 fully saturated rings. The van der Waals surface area contributed by atoms with Crippen molar-refractivity contribution in [3.63, 3.8) is 0 Å². The molecule has 1 saturated heterocycles. The molecule has 0 atom stereocenters. The van der Waals surface area contributed by atoms with E-state index in [9.17, 15) is 14.4 Å². The summed E-state index contributed by atoms with van der Waals surface area (Å²) in [6.07, 6.45) is 4.23. The van der Waals surface area contributed by atoms with Gasteiger partial charge >= 0.3 is 6.03 Å². The number of imide groups is 1. The number of carbonyl (C=O) groups is 3. The zero-order valence-corrected chi connectivity index (χ0v) is 13.1. The fourth-order valence-electron chi connectivity index (χ4n) is 3.35. The van der Waals surface area contributed by atoms with E-state index in [0.717, 1.165) is 24.2 Å². The van der Waals surface area contributed by atoms with Crippen molar-refractivity contribution in [2.45, 2.75) is 37.6 Å². The molecule has 0 radical (unpaired) electrons. The number of ether oxygens (including phenoxy) is 1. The van der Waals surface area contributed by atoms with Crippen molar-refractivity contribution in [3.05, 3.63) is 29.8 Å². The topological polar surface area (TPSA) is 75.7 Å². The summed E-state index contributed by atoms with van der Waals surface area (Å²) < 4.78 is 5.10. The molecule has 1 aliphatic carbocycles. The smallest absolute Gasteiger partial charge is 0.325 e. The second-order valence-electron chi connectivity index (χ2n) is 6.12. The van der Waals surface area contributed by atoms with Gasteiger partial charge in [-0.2, -0.15) is 0 Å². The molecule has 1 spiro atoms. The molecule has 1 aromatic rings. The SMILES string of the molecule is COc1cccc(C(=O)CN2C(=O)NC3(CCCCC3)C2=O)c1. The monoisotopic (exact) mass is 316 g/mol. The van der Waals surface area contributed by atoms with Crippen LogP contribution in [0.15, 0.2) is 24.3 Å². The lowest BCUT2D eigenvalue weighted by Gasteiger charge is -2.30. The average molecular weight is 316 g/mol. The lowest BCUT2D eigenvalue weighted by molar-refractivity contribution is -0.132. The minimum Gasteiger partial charge on any atom is -0.497 e. The van der Waals surface area contributed by atoms with Crippen LogP contribution in [0.5, 0.6) is 5.75 Å². The second-order valence-corrected chi connectivity index (χ2v) is 6.12. The zero-order valence-electron chi connectivity index (χ0n) is 13.1. The van der Waals surface area contributed by atoms with Gasteiger partial charge in [0.1, 0.15) is 11.3 Å². The molecular weight excluding hydrogens is 296 g/mol. The molecule has 1 N–H and O–H groups in total. The number of Topliss-reactive ketones (excluding diaryl/α,β-unsaturated/α-hetero) is 1. The van der Waals surface area contributed by atoms with E-state index in [2.05, 4.69) is 5.32 Å². The first-order chi connectivity index (χ1) is 11.1. The van der Waals surface area contributed by atoms with Crippen LogP contribution in [-0.2, 0) is 4.79 Å². The molecule has 0 aromatic heterocycles. The lowest BCUT2D eigenvalue weighted by Crippen LogP contribution is -2.48. The Morgan fingerprint density at radius 2 is 2.00 bits per heavy atom. The summed E-state index contributed by atoms with van der Waals surface area (Å²) in [5.74, 6) is 0.0236. The number of hydrogen-bond acceptors (Lipinski definition) is 4. The van der Waals surface area contributed by atoms with E-state index in [4.69, 9.17) is 4.74 Å². The number of ketones is 1. The third-order valence-electron chi connectivity index (χ3n) is 4.65. The second kappa shape index (κ2) is 6.02. The zero-order chi connectivity index (χ0) is 16.4. The summed E-state index contributed by atoms with van der Waals surface area (Å²) in [6, 6.07) is 6.24. The van der Waals surface area contributed by atoms with Gasteiger partial charge in [0, 0.05) is 5.56 Å². The van der Waals surface area contributed by atoms with Gasteiger partial charge in [-0.1, -0.05) is 31.4 Å². The molecule has 23 heavy (non-hydrogen) atoms. The molecule has 6 nitrogen and oxygen atoms in total. The van der Waals surface area contributed by atoms with Crippen molar-refractivity contribution in [3.8, 4) is 5.75 Å². The van der Waals surface area contributed by atoms with Crippen molar-refractivity contribution in [1.29, 1.82) is 0 Å². The van der Waals surface area contributed by atoms with Gasteiger partial charge in [0.2, 0.25) is 0 Å². The summed E-state index contributed by atoms with van der Waals surface area (Å²) in [5, 5.41) is 2.81. The minimum atomic E-state index is -0.788. The van der Waals surface area contributed by atoms with E-state index in [-0.39, 0.29) is 18.2 Å². The molecule has 1 aliphatic heterocycles. The highest BCUT2D eigenvalue weighted by Gasteiger charge is 2.51. The van der Waals surface area contributed by atoms with Crippen LogP contribution in [0.3, 0.4) is 0 Å². The number of nitrogens with zero attached hydrogens (tertiary/aromatic N) is 1. The van der Waals surface area contributed by atoms with Crippen LogP contribution in [0.25, 0.3) is 0 Å². The first-order valence-electron chi connectivity index (χ1n) is 7.87. The number of benzene rings is 1. The molecule has 1 saturated carbocycles. The molecular formula is C17H20N2O4. The Hall–Kier alpha value is -2.37. The van der Waals surface area contributed by atoms with Crippen molar-refractivity contribution >= 4 is 17.7 Å². The molecule has 3 amide bonds. The lowest BCUT2D eigenvalue weighted by atomic mass is 9.82. The van der Waals surface area contributed by atoms with Crippen molar-refractivity contribution in [1.82, 2.24) is 10.2 Å². The molecule has 0 bridgehead atoms. The predicted octanol–water partition coefficient (Wildman–Crippen LogP) is 2.13. The van der Waals surface area contributed by atoms with Crippen LogP contribution < -0.4 is 10.1 Å². The average Bonchev–Trinajstić information content (AvgIpc) is 2.79. The van der Waals surface area contributed by atoms with Gasteiger partial charge in [0.15, 0.2) is 5.78 Å². The van der Waals surface area contributed by atoms with E-state index < -0.39 is 11.6 Å². The quantitative estimate of drug-likeness (QED) is 0.682. The highest BCUT2D eigenvalue weighted by Crippen LogP contribution is 2.33. The van der Waals surface area contributed by atoms with E-state index in [0.29, 0.717) is 24.2 Å². The number of urea groups is 1. The van der Waals surface area contributed by atoms with E-state index >= 15 is 0 Å². The van der Waals surface area contributed by atoms with Gasteiger partial charge in [-0.05, 0) is 25.0 Å². The molecule has 3 rings (SSSR count). The van der Waals surface area contributed by atoms with Crippen molar-refractivity contribution in [2.24, 2.45) is 0 Å². The third-order valence-corrected chi connectivity index (χ3v) is 4.65. The standard InChI is InChI=1S/C17H20N2O4/c1-23-13-7-5-6-12(10-13)14(20)11-19-15(21)17(18-16(19)22)8-3-2-4-9-17/h5-7,10H,2-4,8-9,11H2,1H3,(H,18,22). The first kappa shape index (κ1) is 15.5. The Kier molecular flexibility index (Phi) is 4.07. The molecule has 122 valence electrons. The Balaban J connectivity index is 1.75. The number of carbonyl (C=O) groups excluding carboxylic acids is 3. The Labute approximate surface area is 134 Å². The van der Waals surface area contributed by atoms with Gasteiger partial charge in [-0.3, -0.25) is 14.5 Å². The van der Waals surface area contributed by atoms with Crippen molar-refractivity contribution < 1.29 is 19.1 Å². The van der Waals surface area contributed by atoms with Gasteiger partial charge < -0.3 is 10.1 Å². The Morgan fingerprint density at radius 3 is 2.70 bits per heavy atom. The largest absolute Gasteiger partial charge is 0.497 e. The van der Waals surface area contributed by atoms with E-state index in [1.165, 1.54) is 7.11 Å². The van der Waals surface area contributed by atoms with Gasteiger partial charge in [0.05, 0.1) is 13.7 Å². The van der Waals surface area contributed by atoms with E-state index in [1.54, 1.807) is 24.3 Å². The fraction of sp³-hybridized carbons (Fsp3) is 0.471. The number of methoxy groups -OCH3 is 1. The van der Waals surface area contributed by atoms with Crippen LogP contribution in [0, 0.1) is 0 Å². The maximum Gasteiger partial charge on any atom is 0.325 e. The number of rotatable bonds is 4. The minimum absolute atomic E-state index is 0.237. The number of amides is 3. The van der Waals surface area contributed by atoms with Crippen molar-refractivity contribution in [2.75, 3.05) is 13.7 Å².